The van der Waals surface area contributed by atoms with Gasteiger partial charge >= 0.3 is 0 Å². The van der Waals surface area contributed by atoms with Crippen molar-refractivity contribution in [3.63, 3.8) is 0 Å². The predicted octanol–water partition coefficient (Wildman–Crippen LogP) is 3.32. The molecule has 1 heterocycles. The van der Waals surface area contributed by atoms with Crippen LogP contribution < -0.4 is 10.6 Å². The molecule has 8 heteroatoms. The molecule has 2 N–H and O–H groups in total. The molecule has 1 aliphatic carbocycles. The SMILES string of the molecule is Cc1nc(CC(=O)Nc2ccc(F)c(Cl)c2)sc1C(=O)NC1CC1. The number of anilines is 1. The van der Waals surface area contributed by atoms with Gasteiger partial charge in [-0.25, -0.2) is 9.37 Å². The van der Waals surface area contributed by atoms with Crippen molar-refractivity contribution in [1.82, 2.24) is 10.3 Å². The van der Waals surface area contributed by atoms with Gasteiger partial charge in [0.1, 0.15) is 15.7 Å². The maximum Gasteiger partial charge on any atom is 0.263 e. The van der Waals surface area contributed by atoms with Crippen LogP contribution in [0, 0.1) is 12.7 Å². The molecule has 1 saturated carbocycles. The van der Waals surface area contributed by atoms with Crippen LogP contribution in [0.25, 0.3) is 0 Å². The number of nitrogens with one attached hydrogen (secondary N) is 2. The molecular formula is C16H15ClFN3O2S. The molecule has 0 spiro atoms. The van der Waals surface area contributed by atoms with E-state index in [9.17, 15) is 14.0 Å². The minimum Gasteiger partial charge on any atom is -0.349 e. The van der Waals surface area contributed by atoms with Crippen LogP contribution in [-0.4, -0.2) is 22.8 Å². The minimum atomic E-state index is -0.545. The number of rotatable bonds is 5. The van der Waals surface area contributed by atoms with Gasteiger partial charge in [0.25, 0.3) is 5.91 Å². The van der Waals surface area contributed by atoms with E-state index in [0.29, 0.717) is 21.3 Å². The zero-order valence-electron chi connectivity index (χ0n) is 12.9. The maximum absolute atomic E-state index is 13.1. The molecule has 24 heavy (non-hydrogen) atoms. The number of benzene rings is 1. The van der Waals surface area contributed by atoms with Crippen molar-refractivity contribution in [2.45, 2.75) is 32.2 Å². The maximum atomic E-state index is 13.1. The largest absolute Gasteiger partial charge is 0.349 e. The Hall–Kier alpha value is -1.99. The second-order valence-corrected chi connectivity index (χ2v) is 7.11. The molecule has 0 radical (unpaired) electrons. The summed E-state index contributed by atoms with van der Waals surface area (Å²) in [7, 11) is 0. The van der Waals surface area contributed by atoms with Gasteiger partial charge in [-0.2, -0.15) is 0 Å². The van der Waals surface area contributed by atoms with Gasteiger partial charge in [0.2, 0.25) is 5.91 Å². The Labute approximate surface area is 147 Å². The summed E-state index contributed by atoms with van der Waals surface area (Å²) in [5, 5.41) is 6.04. The lowest BCUT2D eigenvalue weighted by Crippen LogP contribution is -2.25. The lowest BCUT2D eigenvalue weighted by Gasteiger charge is -2.04. The highest BCUT2D eigenvalue weighted by Gasteiger charge is 2.26. The van der Waals surface area contributed by atoms with E-state index in [2.05, 4.69) is 15.6 Å². The Morgan fingerprint density at radius 1 is 1.42 bits per heavy atom. The molecule has 0 aliphatic heterocycles. The number of nitrogens with zero attached hydrogens (tertiary/aromatic N) is 1. The average Bonchev–Trinajstić information content (AvgIpc) is 3.24. The minimum absolute atomic E-state index is 0.0389. The van der Waals surface area contributed by atoms with Crippen molar-refractivity contribution < 1.29 is 14.0 Å². The normalized spacial score (nSPS) is 13.6. The number of thiazole rings is 1. The number of halogens is 2. The highest BCUT2D eigenvalue weighted by atomic mass is 35.5. The Morgan fingerprint density at radius 3 is 2.83 bits per heavy atom. The summed E-state index contributed by atoms with van der Waals surface area (Å²) in [5.74, 6) is -0.985. The van der Waals surface area contributed by atoms with E-state index in [1.54, 1.807) is 6.92 Å². The van der Waals surface area contributed by atoms with Crippen LogP contribution >= 0.6 is 22.9 Å². The fourth-order valence-electron chi connectivity index (χ4n) is 2.13. The van der Waals surface area contributed by atoms with E-state index in [0.717, 1.165) is 12.8 Å². The van der Waals surface area contributed by atoms with E-state index in [4.69, 9.17) is 11.6 Å². The third-order valence-corrected chi connectivity index (χ3v) is 4.92. The average molecular weight is 368 g/mol. The first-order valence-corrected chi connectivity index (χ1v) is 8.64. The fourth-order valence-corrected chi connectivity index (χ4v) is 3.28. The lowest BCUT2D eigenvalue weighted by atomic mass is 10.3. The van der Waals surface area contributed by atoms with Crippen molar-refractivity contribution in [3.05, 3.63) is 44.6 Å². The van der Waals surface area contributed by atoms with E-state index < -0.39 is 5.82 Å². The Kier molecular flexibility index (Phi) is 4.82. The lowest BCUT2D eigenvalue weighted by molar-refractivity contribution is -0.115. The fraction of sp³-hybridized carbons (Fsp3) is 0.312. The second-order valence-electron chi connectivity index (χ2n) is 5.62. The first-order chi connectivity index (χ1) is 11.4. The van der Waals surface area contributed by atoms with Crippen LogP contribution in [0.1, 0.15) is 33.2 Å². The van der Waals surface area contributed by atoms with Gasteiger partial charge in [0, 0.05) is 11.7 Å². The zero-order valence-corrected chi connectivity index (χ0v) is 14.4. The molecule has 3 rings (SSSR count). The van der Waals surface area contributed by atoms with Crippen LogP contribution in [0.2, 0.25) is 5.02 Å². The summed E-state index contributed by atoms with van der Waals surface area (Å²) in [5.41, 5.74) is 1.03. The molecule has 1 aromatic heterocycles. The zero-order chi connectivity index (χ0) is 17.3. The van der Waals surface area contributed by atoms with Crippen LogP contribution in [0.4, 0.5) is 10.1 Å². The van der Waals surface area contributed by atoms with Gasteiger partial charge in [0.05, 0.1) is 17.1 Å². The molecule has 5 nitrogen and oxygen atoms in total. The van der Waals surface area contributed by atoms with Crippen molar-refractivity contribution in [2.75, 3.05) is 5.32 Å². The summed E-state index contributed by atoms with van der Waals surface area (Å²) in [6, 6.07) is 4.23. The summed E-state index contributed by atoms with van der Waals surface area (Å²) in [4.78, 5) is 29.0. The predicted molar refractivity (Wildman–Crippen MR) is 91.1 cm³/mol. The molecule has 1 aromatic carbocycles. The van der Waals surface area contributed by atoms with Crippen molar-refractivity contribution >= 4 is 40.4 Å². The van der Waals surface area contributed by atoms with Crippen molar-refractivity contribution in [1.29, 1.82) is 0 Å². The standard InChI is InChI=1S/C16H15ClFN3O2S/c1-8-15(16(23)21-9-2-3-9)24-14(19-8)7-13(22)20-10-4-5-12(18)11(17)6-10/h4-6,9H,2-3,7H2,1H3,(H,20,22)(H,21,23). The molecule has 0 bridgehead atoms. The number of carbonyl (C=O) groups is 2. The highest BCUT2D eigenvalue weighted by Crippen LogP contribution is 2.24. The first-order valence-electron chi connectivity index (χ1n) is 7.44. The Morgan fingerprint density at radius 2 is 2.17 bits per heavy atom. The Balaban J connectivity index is 1.63. The molecule has 0 saturated heterocycles. The summed E-state index contributed by atoms with van der Waals surface area (Å²) >= 11 is 6.89. The van der Waals surface area contributed by atoms with Gasteiger partial charge < -0.3 is 10.6 Å². The molecule has 2 amide bonds. The topological polar surface area (TPSA) is 71.1 Å². The second kappa shape index (κ2) is 6.86. The number of aryl methyl sites for hydroxylation is 1. The Bertz CT molecular complexity index is 805. The van der Waals surface area contributed by atoms with Crippen molar-refractivity contribution in [3.8, 4) is 0 Å². The van der Waals surface area contributed by atoms with E-state index in [1.165, 1.54) is 29.5 Å². The summed E-state index contributed by atoms with van der Waals surface area (Å²) in [6.45, 7) is 1.75. The van der Waals surface area contributed by atoms with Crippen LogP contribution in [0.15, 0.2) is 18.2 Å². The summed E-state index contributed by atoms with van der Waals surface area (Å²) in [6.07, 6.45) is 2.06. The van der Waals surface area contributed by atoms with Crippen molar-refractivity contribution in [2.24, 2.45) is 0 Å². The molecule has 0 atom stereocenters. The number of hydrogen-bond donors (Lipinski definition) is 2. The van der Waals surface area contributed by atoms with Gasteiger partial charge in [-0.1, -0.05) is 11.6 Å². The van der Waals surface area contributed by atoms with Gasteiger partial charge in [-0.3, -0.25) is 9.59 Å². The molecule has 2 aromatic rings. The smallest absolute Gasteiger partial charge is 0.263 e. The van der Waals surface area contributed by atoms with Gasteiger partial charge in [0.15, 0.2) is 0 Å². The van der Waals surface area contributed by atoms with E-state index in [1.807, 2.05) is 0 Å². The molecule has 1 fully saturated rings. The van der Waals surface area contributed by atoms with Crippen LogP contribution in [0.5, 0.6) is 0 Å². The number of amides is 2. The van der Waals surface area contributed by atoms with Gasteiger partial charge in [-0.15, -0.1) is 11.3 Å². The molecule has 1 aliphatic rings. The quantitative estimate of drug-likeness (QED) is 0.851. The van der Waals surface area contributed by atoms with E-state index >= 15 is 0 Å². The van der Waals surface area contributed by atoms with Crippen LogP contribution in [0.3, 0.4) is 0 Å². The molecule has 0 unspecified atom stereocenters. The molecule has 126 valence electrons. The number of aromatic nitrogens is 1. The monoisotopic (exact) mass is 367 g/mol. The highest BCUT2D eigenvalue weighted by molar-refractivity contribution is 7.13. The third kappa shape index (κ3) is 4.10. The van der Waals surface area contributed by atoms with E-state index in [-0.39, 0.29) is 29.3 Å². The third-order valence-electron chi connectivity index (χ3n) is 3.47. The first kappa shape index (κ1) is 16.9. The van der Waals surface area contributed by atoms with Gasteiger partial charge in [-0.05, 0) is 38.0 Å². The molecular weight excluding hydrogens is 353 g/mol. The number of hydrogen-bond acceptors (Lipinski definition) is 4. The number of carbonyl (C=O) groups excluding carboxylic acids is 2. The van der Waals surface area contributed by atoms with Crippen LogP contribution in [-0.2, 0) is 11.2 Å². The summed E-state index contributed by atoms with van der Waals surface area (Å²) < 4.78 is 13.1.